The number of nitrogens with one attached hydrogen (secondary N) is 2. The van der Waals surface area contributed by atoms with Gasteiger partial charge in [-0.15, -0.1) is 0 Å². The number of aromatic amines is 1. The maximum absolute atomic E-state index is 5.70. The van der Waals surface area contributed by atoms with Gasteiger partial charge < -0.3 is 11.1 Å². The van der Waals surface area contributed by atoms with Gasteiger partial charge in [0.25, 0.3) is 0 Å². The lowest BCUT2D eigenvalue weighted by Crippen LogP contribution is -2.42. The van der Waals surface area contributed by atoms with E-state index < -0.39 is 0 Å². The fraction of sp³-hybridized carbons (Fsp3) is 0.500. The van der Waals surface area contributed by atoms with Crippen molar-refractivity contribution in [1.82, 2.24) is 15.5 Å². The molecule has 2 unspecified atom stereocenters. The summed E-state index contributed by atoms with van der Waals surface area (Å²) in [5.74, 6) is 0.598. The third-order valence-electron chi connectivity index (χ3n) is 4.07. The number of nitrogens with two attached hydrogens (primary N) is 1. The fourth-order valence-corrected chi connectivity index (χ4v) is 2.94. The number of rotatable bonds is 2. The molecular weight excluding hydrogens is 224 g/mol. The molecule has 1 fully saturated rings. The molecule has 4 N–H and O–H groups in total. The third-order valence-corrected chi connectivity index (χ3v) is 4.07. The summed E-state index contributed by atoms with van der Waals surface area (Å²) >= 11 is 0. The number of fused-ring (bicyclic) bond motifs is 1. The normalized spacial score (nSPS) is 24.6. The number of aromatic nitrogens is 2. The van der Waals surface area contributed by atoms with E-state index >= 15 is 0 Å². The molecule has 4 heteroatoms. The Morgan fingerprint density at radius 1 is 1.39 bits per heavy atom. The van der Waals surface area contributed by atoms with Crippen LogP contribution in [-0.2, 0) is 0 Å². The van der Waals surface area contributed by atoms with Crippen molar-refractivity contribution in [3.63, 3.8) is 0 Å². The molecule has 0 spiro atoms. The van der Waals surface area contributed by atoms with E-state index in [1.165, 1.54) is 29.4 Å². The van der Waals surface area contributed by atoms with E-state index in [1.54, 1.807) is 0 Å². The predicted molar refractivity (Wildman–Crippen MR) is 73.7 cm³/mol. The molecule has 0 radical (unpaired) electrons. The van der Waals surface area contributed by atoms with Gasteiger partial charge in [-0.3, -0.25) is 5.10 Å². The zero-order chi connectivity index (χ0) is 12.5. The van der Waals surface area contributed by atoms with Crippen LogP contribution >= 0.6 is 0 Å². The predicted octanol–water partition coefficient (Wildman–Crippen LogP) is 1.67. The van der Waals surface area contributed by atoms with Crippen molar-refractivity contribution in [2.75, 3.05) is 13.1 Å². The summed E-state index contributed by atoms with van der Waals surface area (Å²) in [4.78, 5) is 0. The summed E-state index contributed by atoms with van der Waals surface area (Å²) < 4.78 is 0. The molecule has 0 amide bonds. The van der Waals surface area contributed by atoms with Gasteiger partial charge in [-0.2, -0.15) is 5.10 Å². The number of piperidine rings is 1. The van der Waals surface area contributed by atoms with Gasteiger partial charge in [-0.1, -0.05) is 0 Å². The summed E-state index contributed by atoms with van der Waals surface area (Å²) in [5, 5.41) is 11.9. The quantitative estimate of drug-likeness (QED) is 0.752. The van der Waals surface area contributed by atoms with Crippen molar-refractivity contribution in [3.05, 3.63) is 29.5 Å². The monoisotopic (exact) mass is 244 g/mol. The molecule has 1 aliphatic heterocycles. The minimum atomic E-state index is 0.498. The summed E-state index contributed by atoms with van der Waals surface area (Å²) in [6.45, 7) is 3.96. The van der Waals surface area contributed by atoms with E-state index in [9.17, 15) is 0 Å². The molecule has 0 aliphatic carbocycles. The maximum atomic E-state index is 5.70. The summed E-state index contributed by atoms with van der Waals surface area (Å²) in [6.07, 6.45) is 4.27. The largest absolute Gasteiger partial charge is 0.329 e. The van der Waals surface area contributed by atoms with Crippen LogP contribution in [0.15, 0.2) is 18.3 Å². The van der Waals surface area contributed by atoms with Crippen molar-refractivity contribution >= 4 is 10.9 Å². The van der Waals surface area contributed by atoms with E-state index in [2.05, 4.69) is 34.6 Å². The number of hydrogen-bond acceptors (Lipinski definition) is 3. The van der Waals surface area contributed by atoms with Crippen LogP contribution in [0.25, 0.3) is 10.9 Å². The van der Waals surface area contributed by atoms with Gasteiger partial charge in [-0.05, 0) is 48.9 Å². The summed E-state index contributed by atoms with van der Waals surface area (Å²) in [7, 11) is 0. The molecule has 0 bridgehead atoms. The first kappa shape index (κ1) is 11.7. The summed E-state index contributed by atoms with van der Waals surface area (Å²) in [5.41, 5.74) is 9.64. The summed E-state index contributed by atoms with van der Waals surface area (Å²) in [6, 6.07) is 4.98. The Morgan fingerprint density at radius 3 is 3.00 bits per heavy atom. The van der Waals surface area contributed by atoms with Crippen LogP contribution in [-0.4, -0.2) is 29.3 Å². The number of hydrogen-bond donors (Lipinski definition) is 3. The lowest BCUT2D eigenvalue weighted by atomic mass is 9.86. The second kappa shape index (κ2) is 4.71. The van der Waals surface area contributed by atoms with Crippen LogP contribution in [0.1, 0.15) is 29.9 Å². The molecule has 3 rings (SSSR count). The molecule has 1 aliphatic rings. The van der Waals surface area contributed by atoms with Gasteiger partial charge in [0.15, 0.2) is 0 Å². The first-order valence-electron chi connectivity index (χ1n) is 6.65. The lowest BCUT2D eigenvalue weighted by Gasteiger charge is -2.30. The molecule has 1 aromatic heterocycles. The second-order valence-corrected chi connectivity index (χ2v) is 5.28. The highest BCUT2D eigenvalue weighted by atomic mass is 15.1. The number of benzene rings is 1. The fourth-order valence-electron chi connectivity index (χ4n) is 2.94. The smallest absolute Gasteiger partial charge is 0.0653 e. The molecule has 0 saturated carbocycles. The van der Waals surface area contributed by atoms with Crippen LogP contribution in [0.4, 0.5) is 0 Å². The molecule has 1 saturated heterocycles. The lowest BCUT2D eigenvalue weighted by molar-refractivity contribution is 0.371. The van der Waals surface area contributed by atoms with Crippen LogP contribution in [0, 0.1) is 6.92 Å². The van der Waals surface area contributed by atoms with Crippen molar-refractivity contribution in [3.8, 4) is 0 Å². The van der Waals surface area contributed by atoms with Gasteiger partial charge in [-0.25, -0.2) is 0 Å². The van der Waals surface area contributed by atoms with Crippen LogP contribution in [0.3, 0.4) is 0 Å². The van der Waals surface area contributed by atoms with Crippen LogP contribution in [0.2, 0.25) is 0 Å². The van der Waals surface area contributed by atoms with E-state index in [0.29, 0.717) is 12.0 Å². The number of H-pyrrole nitrogens is 1. The Hall–Kier alpha value is -1.39. The molecule has 1 aromatic carbocycles. The Labute approximate surface area is 107 Å². The molecule has 18 heavy (non-hydrogen) atoms. The van der Waals surface area contributed by atoms with Crippen LogP contribution < -0.4 is 11.1 Å². The van der Waals surface area contributed by atoms with Gasteiger partial charge in [0, 0.05) is 24.5 Å². The maximum Gasteiger partial charge on any atom is 0.0653 e. The van der Waals surface area contributed by atoms with Crippen molar-refractivity contribution in [2.24, 2.45) is 5.73 Å². The standard InChI is InChI=1S/C14H20N4/c1-9-4-11-8-17-18-14(11)5-13(9)10-2-3-12(6-15)16-7-10/h4-5,8,10,12,16H,2-3,6-7,15H2,1H3,(H,17,18). The molecule has 2 aromatic rings. The van der Waals surface area contributed by atoms with Gasteiger partial charge in [0.05, 0.1) is 11.7 Å². The van der Waals surface area contributed by atoms with Crippen molar-refractivity contribution in [2.45, 2.75) is 31.7 Å². The highest BCUT2D eigenvalue weighted by molar-refractivity contribution is 5.79. The third kappa shape index (κ3) is 2.02. The average Bonchev–Trinajstić information content (AvgIpc) is 2.85. The number of aryl methyl sites for hydroxylation is 1. The zero-order valence-electron chi connectivity index (χ0n) is 10.7. The Morgan fingerprint density at radius 2 is 2.28 bits per heavy atom. The SMILES string of the molecule is Cc1cc2cn[nH]c2cc1C1CCC(CN)NC1. The van der Waals surface area contributed by atoms with E-state index in [1.807, 2.05) is 6.20 Å². The Balaban J connectivity index is 1.87. The first-order chi connectivity index (χ1) is 8.78. The van der Waals surface area contributed by atoms with E-state index in [4.69, 9.17) is 5.73 Å². The molecular formula is C14H20N4. The Bertz CT molecular complexity index is 538. The van der Waals surface area contributed by atoms with Crippen molar-refractivity contribution in [1.29, 1.82) is 0 Å². The molecule has 2 heterocycles. The van der Waals surface area contributed by atoms with Crippen LogP contribution in [0.5, 0.6) is 0 Å². The molecule has 4 nitrogen and oxygen atoms in total. The topological polar surface area (TPSA) is 66.7 Å². The first-order valence-corrected chi connectivity index (χ1v) is 6.65. The highest BCUT2D eigenvalue weighted by Gasteiger charge is 2.22. The molecule has 96 valence electrons. The zero-order valence-corrected chi connectivity index (χ0v) is 10.7. The van der Waals surface area contributed by atoms with E-state index in [0.717, 1.165) is 18.6 Å². The highest BCUT2D eigenvalue weighted by Crippen LogP contribution is 2.30. The number of nitrogens with zero attached hydrogens (tertiary/aromatic N) is 1. The van der Waals surface area contributed by atoms with Crippen molar-refractivity contribution < 1.29 is 0 Å². The van der Waals surface area contributed by atoms with E-state index in [-0.39, 0.29) is 0 Å². The molecule has 2 atom stereocenters. The minimum absolute atomic E-state index is 0.498. The average molecular weight is 244 g/mol. The van der Waals surface area contributed by atoms with Gasteiger partial charge >= 0.3 is 0 Å². The van der Waals surface area contributed by atoms with Gasteiger partial charge in [0.2, 0.25) is 0 Å². The van der Waals surface area contributed by atoms with Gasteiger partial charge in [0.1, 0.15) is 0 Å². The minimum Gasteiger partial charge on any atom is -0.329 e. The Kier molecular flexibility index (Phi) is 3.06. The second-order valence-electron chi connectivity index (χ2n) is 5.28.